The molecule has 0 spiro atoms. The van der Waals surface area contributed by atoms with E-state index in [4.69, 9.17) is 36.2 Å². The van der Waals surface area contributed by atoms with Crippen molar-refractivity contribution >= 4 is 29.5 Å². The Bertz CT molecular complexity index is 1520. The number of anilines is 1. The van der Waals surface area contributed by atoms with E-state index < -0.39 is 5.91 Å². The van der Waals surface area contributed by atoms with Crippen LogP contribution in [-0.2, 0) is 17.9 Å². The first-order chi connectivity index (χ1) is 20.0. The molecule has 0 radical (unpaired) electrons. The number of aromatic nitrogens is 5. The first-order valence-electron chi connectivity index (χ1n) is 12.8. The van der Waals surface area contributed by atoms with E-state index in [1.165, 1.54) is 10.9 Å². The molecule has 0 unspecified atom stereocenters. The highest BCUT2D eigenvalue weighted by Crippen LogP contribution is 2.29. The molecule has 14 nitrogen and oxygen atoms in total. The van der Waals surface area contributed by atoms with Crippen molar-refractivity contribution < 1.29 is 23.6 Å². The molecular formula is C26H28ClN9O5. The lowest BCUT2D eigenvalue weighted by Gasteiger charge is -2.26. The number of amides is 1. The van der Waals surface area contributed by atoms with Crippen LogP contribution in [0.5, 0.6) is 11.5 Å². The summed E-state index contributed by atoms with van der Waals surface area (Å²) in [6, 6.07) is 12.8. The highest BCUT2D eigenvalue weighted by atomic mass is 35.5. The summed E-state index contributed by atoms with van der Waals surface area (Å²) in [6.07, 6.45) is 1.49. The molecule has 0 bridgehead atoms. The maximum Gasteiger partial charge on any atom is 0.293 e. The van der Waals surface area contributed by atoms with Gasteiger partial charge >= 0.3 is 0 Å². The number of morpholine rings is 1. The third-order valence-electron chi connectivity index (χ3n) is 6.08. The van der Waals surface area contributed by atoms with Crippen molar-refractivity contribution in [3.63, 3.8) is 0 Å². The predicted octanol–water partition coefficient (Wildman–Crippen LogP) is 2.46. The number of rotatable bonds is 11. The van der Waals surface area contributed by atoms with E-state index in [2.05, 4.69) is 36.1 Å². The number of halogens is 1. The zero-order chi connectivity index (χ0) is 28.6. The maximum absolute atomic E-state index is 13.1. The standard InChI is InChI=1S/C26H28ClN9O5/c1-2-39-22-13-17(6-7-21(22)40-16-18-4-3-5-19(27)12-18)14-29-31-26(37)23-20(15-35-8-10-38-11-9-35)36(34-30-23)25-24(28)32-41-33-25/h3-7,12-14H,2,8-11,15-16H2,1H3,(H2,28,32)(H,31,37). The molecule has 1 aliphatic heterocycles. The third-order valence-corrected chi connectivity index (χ3v) is 6.32. The Balaban J connectivity index is 1.29. The largest absolute Gasteiger partial charge is 0.490 e. The molecule has 1 fully saturated rings. The smallest absolute Gasteiger partial charge is 0.293 e. The number of hydrogen-bond donors (Lipinski definition) is 2. The van der Waals surface area contributed by atoms with Gasteiger partial charge in [-0.3, -0.25) is 9.69 Å². The molecule has 5 rings (SSSR count). The van der Waals surface area contributed by atoms with E-state index >= 15 is 0 Å². The van der Waals surface area contributed by atoms with E-state index in [1.54, 1.807) is 24.3 Å². The average molecular weight is 582 g/mol. The summed E-state index contributed by atoms with van der Waals surface area (Å²) in [7, 11) is 0. The monoisotopic (exact) mass is 581 g/mol. The molecule has 1 aliphatic rings. The van der Waals surface area contributed by atoms with Crippen LogP contribution in [-0.4, -0.2) is 75.2 Å². The minimum Gasteiger partial charge on any atom is -0.490 e. The van der Waals surface area contributed by atoms with Gasteiger partial charge in [0.1, 0.15) is 6.61 Å². The van der Waals surface area contributed by atoms with Crippen molar-refractivity contribution in [2.75, 3.05) is 38.6 Å². The molecule has 41 heavy (non-hydrogen) atoms. The molecule has 214 valence electrons. The summed E-state index contributed by atoms with van der Waals surface area (Å²) >= 11 is 6.07. The number of carbonyl (C=O) groups is 1. The van der Waals surface area contributed by atoms with Crippen LogP contribution >= 0.6 is 11.6 Å². The fourth-order valence-corrected chi connectivity index (χ4v) is 4.31. The van der Waals surface area contributed by atoms with E-state index in [0.29, 0.717) is 73.8 Å². The molecule has 0 saturated carbocycles. The number of nitrogens with zero attached hydrogens (tertiary/aromatic N) is 7. The second-order valence-corrected chi connectivity index (χ2v) is 9.35. The van der Waals surface area contributed by atoms with E-state index in [1.807, 2.05) is 25.1 Å². The van der Waals surface area contributed by atoms with Gasteiger partial charge in [0.25, 0.3) is 5.91 Å². The topological polar surface area (TPSA) is 168 Å². The maximum atomic E-state index is 13.1. The lowest BCUT2D eigenvalue weighted by Crippen LogP contribution is -2.37. The van der Waals surface area contributed by atoms with Gasteiger partial charge in [-0.2, -0.15) is 9.78 Å². The Morgan fingerprint density at radius 1 is 1.17 bits per heavy atom. The molecule has 0 aliphatic carbocycles. The van der Waals surface area contributed by atoms with Crippen molar-refractivity contribution in [1.82, 2.24) is 35.6 Å². The lowest BCUT2D eigenvalue weighted by molar-refractivity contribution is 0.0332. The third kappa shape index (κ3) is 6.98. The molecule has 1 saturated heterocycles. The summed E-state index contributed by atoms with van der Waals surface area (Å²) < 4.78 is 23.2. The molecule has 2 aromatic carbocycles. The summed E-state index contributed by atoms with van der Waals surface area (Å²) in [6.45, 7) is 5.52. The second kappa shape index (κ2) is 13.2. The van der Waals surface area contributed by atoms with E-state index in [-0.39, 0.29) is 17.3 Å². The van der Waals surface area contributed by atoms with Crippen molar-refractivity contribution in [3.05, 3.63) is 70.0 Å². The van der Waals surface area contributed by atoms with Crippen LogP contribution in [0.1, 0.15) is 34.2 Å². The van der Waals surface area contributed by atoms with Gasteiger partial charge in [0.15, 0.2) is 17.2 Å². The molecule has 15 heteroatoms. The number of nitrogens with one attached hydrogen (secondary N) is 1. The van der Waals surface area contributed by atoms with Gasteiger partial charge in [0, 0.05) is 24.7 Å². The van der Waals surface area contributed by atoms with Crippen LogP contribution in [0.15, 0.2) is 52.2 Å². The molecule has 3 N–H and O–H groups in total. The quantitative estimate of drug-likeness (QED) is 0.197. The molecule has 1 amide bonds. The van der Waals surface area contributed by atoms with Crippen molar-refractivity contribution in [2.45, 2.75) is 20.1 Å². The highest BCUT2D eigenvalue weighted by molar-refractivity contribution is 6.30. The minimum atomic E-state index is -0.558. The van der Waals surface area contributed by atoms with Crippen molar-refractivity contribution in [1.29, 1.82) is 0 Å². The normalized spacial score (nSPS) is 13.9. The van der Waals surface area contributed by atoms with E-state index in [9.17, 15) is 4.79 Å². The number of ether oxygens (including phenoxy) is 3. The zero-order valence-electron chi connectivity index (χ0n) is 22.2. The fraction of sp³-hybridized carbons (Fsp3) is 0.308. The number of benzene rings is 2. The molecular weight excluding hydrogens is 554 g/mol. The molecule has 2 aromatic heterocycles. The first-order valence-corrected chi connectivity index (χ1v) is 13.2. The number of hydrazone groups is 1. The van der Waals surface area contributed by atoms with Gasteiger partial charge in [-0.1, -0.05) is 28.9 Å². The van der Waals surface area contributed by atoms with Gasteiger partial charge in [0.2, 0.25) is 11.6 Å². The van der Waals surface area contributed by atoms with Crippen LogP contribution in [0, 0.1) is 0 Å². The first kappa shape index (κ1) is 28.0. The fourth-order valence-electron chi connectivity index (χ4n) is 4.10. The summed E-state index contributed by atoms with van der Waals surface area (Å²) in [4.78, 5) is 15.2. The zero-order valence-corrected chi connectivity index (χ0v) is 23.0. The molecule has 3 heterocycles. The van der Waals surface area contributed by atoms with Gasteiger partial charge in [-0.05, 0) is 58.7 Å². The van der Waals surface area contributed by atoms with Gasteiger partial charge in [-0.25, -0.2) is 10.1 Å². The predicted molar refractivity (Wildman–Crippen MR) is 148 cm³/mol. The Labute approximate surface area is 239 Å². The summed E-state index contributed by atoms with van der Waals surface area (Å²) in [5, 5.41) is 20.3. The number of nitrogens with two attached hydrogens (primary N) is 1. The van der Waals surface area contributed by atoms with Crippen LogP contribution in [0.4, 0.5) is 5.82 Å². The van der Waals surface area contributed by atoms with Crippen molar-refractivity contribution in [3.8, 4) is 17.3 Å². The molecule has 0 atom stereocenters. The number of nitrogen functional groups attached to an aromatic ring is 1. The van der Waals surface area contributed by atoms with Crippen molar-refractivity contribution in [2.24, 2.45) is 5.10 Å². The van der Waals surface area contributed by atoms with Crippen LogP contribution in [0.2, 0.25) is 5.02 Å². The minimum absolute atomic E-state index is 0.0215. The summed E-state index contributed by atoms with van der Waals surface area (Å²) in [5.74, 6) is 0.716. The van der Waals surface area contributed by atoms with Gasteiger partial charge in [0.05, 0.1) is 31.7 Å². The Kier molecular flexibility index (Phi) is 9.03. The van der Waals surface area contributed by atoms with Gasteiger partial charge in [-0.15, -0.1) is 5.10 Å². The lowest BCUT2D eigenvalue weighted by atomic mass is 10.2. The van der Waals surface area contributed by atoms with Crippen LogP contribution < -0.4 is 20.6 Å². The SMILES string of the molecule is CCOc1cc(C=NNC(=O)c2nnn(-c3nonc3N)c2CN2CCOCC2)ccc1OCc1cccc(Cl)c1. The Hall–Kier alpha value is -4.53. The molecule has 4 aromatic rings. The average Bonchev–Trinajstić information content (AvgIpc) is 3.59. The number of carbonyl (C=O) groups excluding carboxylic acids is 1. The number of hydrogen-bond acceptors (Lipinski definition) is 12. The van der Waals surface area contributed by atoms with Crippen LogP contribution in [0.25, 0.3) is 5.82 Å². The Morgan fingerprint density at radius 2 is 2.02 bits per heavy atom. The second-order valence-electron chi connectivity index (χ2n) is 8.92. The van der Waals surface area contributed by atoms with E-state index in [0.717, 1.165) is 5.56 Å². The summed E-state index contributed by atoms with van der Waals surface area (Å²) in [5.41, 5.74) is 10.5. The van der Waals surface area contributed by atoms with Crippen LogP contribution in [0.3, 0.4) is 0 Å². The highest BCUT2D eigenvalue weighted by Gasteiger charge is 2.26. The Morgan fingerprint density at radius 3 is 2.78 bits per heavy atom. The van der Waals surface area contributed by atoms with Gasteiger partial charge < -0.3 is 19.9 Å².